The Morgan fingerprint density at radius 3 is 2.48 bits per heavy atom. The first-order valence-corrected chi connectivity index (χ1v) is 9.18. The van der Waals surface area contributed by atoms with E-state index >= 15 is 0 Å². The van der Waals surface area contributed by atoms with E-state index in [0.29, 0.717) is 11.7 Å². The summed E-state index contributed by atoms with van der Waals surface area (Å²) in [5.41, 5.74) is 2.60. The third-order valence-electron chi connectivity index (χ3n) is 4.24. The first kappa shape index (κ1) is 19.7. The highest BCUT2D eigenvalue weighted by Crippen LogP contribution is 2.20. The fourth-order valence-corrected chi connectivity index (χ4v) is 2.59. The van der Waals surface area contributed by atoms with E-state index in [0.717, 1.165) is 50.9 Å². The van der Waals surface area contributed by atoms with Crippen LogP contribution in [-0.2, 0) is 11.2 Å². The molecule has 1 atom stereocenters. The Hall–Kier alpha value is -1.31. The SMILES string of the molecule is CCC(C)C(=O)CCCCCc1cc(C)cc(OCC(C)C)c1. The molecule has 0 saturated heterocycles. The molecule has 2 nitrogen and oxygen atoms in total. The van der Waals surface area contributed by atoms with Crippen molar-refractivity contribution in [3.63, 3.8) is 0 Å². The van der Waals surface area contributed by atoms with Gasteiger partial charge in [0.05, 0.1) is 6.61 Å². The minimum Gasteiger partial charge on any atom is -0.493 e. The van der Waals surface area contributed by atoms with Gasteiger partial charge in [-0.15, -0.1) is 0 Å². The summed E-state index contributed by atoms with van der Waals surface area (Å²) in [6.07, 6.45) is 6.05. The molecule has 1 aromatic carbocycles. The van der Waals surface area contributed by atoms with Crippen LogP contribution in [0.15, 0.2) is 18.2 Å². The van der Waals surface area contributed by atoms with Crippen molar-refractivity contribution in [1.29, 1.82) is 0 Å². The van der Waals surface area contributed by atoms with Crippen molar-refractivity contribution in [2.24, 2.45) is 11.8 Å². The number of carbonyl (C=O) groups is 1. The molecule has 0 aliphatic rings. The van der Waals surface area contributed by atoms with Crippen LogP contribution < -0.4 is 4.74 Å². The van der Waals surface area contributed by atoms with Crippen LogP contribution in [0.25, 0.3) is 0 Å². The number of hydrogen-bond donors (Lipinski definition) is 0. The largest absolute Gasteiger partial charge is 0.493 e. The molecule has 0 radical (unpaired) electrons. The van der Waals surface area contributed by atoms with Gasteiger partial charge in [0.15, 0.2) is 0 Å². The van der Waals surface area contributed by atoms with Crippen LogP contribution in [0.4, 0.5) is 0 Å². The lowest BCUT2D eigenvalue weighted by Gasteiger charge is -2.11. The average Bonchev–Trinajstić information content (AvgIpc) is 2.51. The maximum atomic E-state index is 11.8. The number of Topliss-reactive ketones (excluding diaryl/α,β-unsaturated/α-hetero) is 1. The monoisotopic (exact) mass is 318 g/mol. The molecular weight excluding hydrogens is 284 g/mol. The maximum Gasteiger partial charge on any atom is 0.135 e. The zero-order valence-corrected chi connectivity index (χ0v) is 15.7. The van der Waals surface area contributed by atoms with Crippen LogP contribution in [-0.4, -0.2) is 12.4 Å². The van der Waals surface area contributed by atoms with Crippen molar-refractivity contribution < 1.29 is 9.53 Å². The molecule has 0 aliphatic carbocycles. The third-order valence-corrected chi connectivity index (χ3v) is 4.24. The van der Waals surface area contributed by atoms with E-state index in [9.17, 15) is 4.79 Å². The Balaban J connectivity index is 2.35. The molecule has 1 aromatic rings. The normalized spacial score (nSPS) is 12.4. The number of carbonyl (C=O) groups excluding carboxylic acids is 1. The Morgan fingerprint density at radius 1 is 1.09 bits per heavy atom. The maximum absolute atomic E-state index is 11.8. The minimum atomic E-state index is 0.229. The predicted octanol–water partition coefficient (Wildman–Crippen LogP) is 5.75. The van der Waals surface area contributed by atoms with Gasteiger partial charge in [0.1, 0.15) is 11.5 Å². The average molecular weight is 319 g/mol. The van der Waals surface area contributed by atoms with Crippen LogP contribution in [0.2, 0.25) is 0 Å². The first-order valence-electron chi connectivity index (χ1n) is 9.18. The summed E-state index contributed by atoms with van der Waals surface area (Å²) in [5.74, 6) is 2.18. The Kier molecular flexibility index (Phi) is 8.98. The van der Waals surface area contributed by atoms with Crippen LogP contribution in [0, 0.1) is 18.8 Å². The van der Waals surface area contributed by atoms with Crippen molar-refractivity contribution in [1.82, 2.24) is 0 Å². The number of benzene rings is 1. The molecule has 1 rings (SSSR count). The highest BCUT2D eigenvalue weighted by atomic mass is 16.5. The molecule has 0 bridgehead atoms. The van der Waals surface area contributed by atoms with Gasteiger partial charge in [-0.2, -0.15) is 0 Å². The minimum absolute atomic E-state index is 0.229. The number of unbranched alkanes of at least 4 members (excludes halogenated alkanes) is 2. The molecule has 0 saturated carbocycles. The van der Waals surface area contributed by atoms with Gasteiger partial charge >= 0.3 is 0 Å². The zero-order valence-electron chi connectivity index (χ0n) is 15.7. The lowest BCUT2D eigenvalue weighted by atomic mass is 9.97. The van der Waals surface area contributed by atoms with Crippen molar-refractivity contribution in [3.05, 3.63) is 29.3 Å². The molecule has 0 amide bonds. The lowest BCUT2D eigenvalue weighted by molar-refractivity contribution is -0.122. The molecule has 1 unspecified atom stereocenters. The molecular formula is C21H34O2. The predicted molar refractivity (Wildman–Crippen MR) is 98.1 cm³/mol. The second-order valence-corrected chi connectivity index (χ2v) is 7.20. The summed E-state index contributed by atoms with van der Waals surface area (Å²) < 4.78 is 5.84. The molecule has 0 N–H and O–H groups in total. The second kappa shape index (κ2) is 10.5. The summed E-state index contributed by atoms with van der Waals surface area (Å²) in [5, 5.41) is 0. The summed E-state index contributed by atoms with van der Waals surface area (Å²) in [6.45, 7) is 11.3. The molecule has 23 heavy (non-hydrogen) atoms. The van der Waals surface area contributed by atoms with Gasteiger partial charge in [-0.1, -0.05) is 40.2 Å². The van der Waals surface area contributed by atoms with Gasteiger partial charge in [-0.3, -0.25) is 4.79 Å². The van der Waals surface area contributed by atoms with Crippen molar-refractivity contribution in [2.75, 3.05) is 6.61 Å². The second-order valence-electron chi connectivity index (χ2n) is 7.20. The highest BCUT2D eigenvalue weighted by molar-refractivity contribution is 5.80. The van der Waals surface area contributed by atoms with E-state index in [1.165, 1.54) is 11.1 Å². The summed E-state index contributed by atoms with van der Waals surface area (Å²) in [4.78, 5) is 11.8. The number of ether oxygens (including phenoxy) is 1. The van der Waals surface area contributed by atoms with E-state index < -0.39 is 0 Å². The summed E-state index contributed by atoms with van der Waals surface area (Å²) in [7, 11) is 0. The lowest BCUT2D eigenvalue weighted by Crippen LogP contribution is -2.09. The Bertz CT molecular complexity index is 477. The number of aryl methyl sites for hydroxylation is 2. The molecule has 2 heteroatoms. The van der Waals surface area contributed by atoms with Gasteiger partial charge < -0.3 is 4.74 Å². The Labute approximate surface area is 142 Å². The number of hydrogen-bond acceptors (Lipinski definition) is 2. The highest BCUT2D eigenvalue weighted by Gasteiger charge is 2.09. The van der Waals surface area contributed by atoms with Crippen LogP contribution >= 0.6 is 0 Å². The van der Waals surface area contributed by atoms with Crippen molar-refractivity contribution in [3.8, 4) is 5.75 Å². The van der Waals surface area contributed by atoms with Gasteiger partial charge in [-0.05, 0) is 61.8 Å². The molecule has 0 heterocycles. The third kappa shape index (κ3) is 8.20. The fourth-order valence-electron chi connectivity index (χ4n) is 2.59. The quantitative estimate of drug-likeness (QED) is 0.486. The molecule has 0 fully saturated rings. The van der Waals surface area contributed by atoms with Crippen LogP contribution in [0.5, 0.6) is 5.75 Å². The van der Waals surface area contributed by atoms with E-state index in [1.807, 2.05) is 6.92 Å². The van der Waals surface area contributed by atoms with E-state index in [1.54, 1.807) is 0 Å². The smallest absolute Gasteiger partial charge is 0.135 e. The molecule has 0 aliphatic heterocycles. The van der Waals surface area contributed by atoms with Crippen molar-refractivity contribution >= 4 is 5.78 Å². The molecule has 130 valence electrons. The number of ketones is 1. The standard InChI is InChI=1S/C21H34O2/c1-6-18(5)21(22)11-9-7-8-10-19-12-17(4)13-20(14-19)23-15-16(2)3/h12-14,16,18H,6-11,15H2,1-5H3. The van der Waals surface area contributed by atoms with E-state index in [2.05, 4.69) is 45.9 Å². The number of rotatable bonds is 11. The van der Waals surface area contributed by atoms with Gasteiger partial charge in [0.25, 0.3) is 0 Å². The van der Waals surface area contributed by atoms with Crippen molar-refractivity contribution in [2.45, 2.75) is 73.1 Å². The fraction of sp³-hybridized carbons (Fsp3) is 0.667. The zero-order chi connectivity index (χ0) is 17.2. The topological polar surface area (TPSA) is 26.3 Å². The van der Waals surface area contributed by atoms with Gasteiger partial charge in [0, 0.05) is 12.3 Å². The first-order chi connectivity index (χ1) is 10.9. The van der Waals surface area contributed by atoms with Gasteiger partial charge in [0.2, 0.25) is 0 Å². The summed E-state index contributed by atoms with van der Waals surface area (Å²) in [6, 6.07) is 6.52. The van der Waals surface area contributed by atoms with E-state index in [-0.39, 0.29) is 5.92 Å². The van der Waals surface area contributed by atoms with Gasteiger partial charge in [-0.25, -0.2) is 0 Å². The summed E-state index contributed by atoms with van der Waals surface area (Å²) >= 11 is 0. The molecule has 0 spiro atoms. The van der Waals surface area contributed by atoms with Crippen LogP contribution in [0.3, 0.4) is 0 Å². The Morgan fingerprint density at radius 2 is 1.83 bits per heavy atom. The van der Waals surface area contributed by atoms with E-state index in [4.69, 9.17) is 4.74 Å². The van der Waals surface area contributed by atoms with Crippen LogP contribution in [0.1, 0.15) is 70.9 Å². The molecule has 0 aromatic heterocycles.